The number of aryl methyl sites for hydroxylation is 1. The molecule has 0 aliphatic carbocycles. The predicted molar refractivity (Wildman–Crippen MR) is 48.4 cm³/mol. The summed E-state index contributed by atoms with van der Waals surface area (Å²) in [6, 6.07) is 0. The second-order valence-electron chi connectivity index (χ2n) is 2.66. The number of hydrogen-bond acceptors (Lipinski definition) is 2. The largest absolute Gasteiger partial charge is 0.285 e. The maximum Gasteiger partial charge on any atom is 0.0769 e. The van der Waals surface area contributed by atoms with Crippen LogP contribution in [0.5, 0.6) is 0 Å². The predicted octanol–water partition coefficient (Wildman–Crippen LogP) is 1.93. The summed E-state index contributed by atoms with van der Waals surface area (Å²) in [5, 5.41) is 4.73. The minimum Gasteiger partial charge on any atom is -0.285 e. The lowest BCUT2D eigenvalue weighted by Gasteiger charge is -2.17. The normalized spacial score (nSPS) is 15.9. The molecule has 0 unspecified atom stereocenters. The molecule has 0 saturated heterocycles. The van der Waals surface area contributed by atoms with Gasteiger partial charge < -0.3 is 0 Å². The van der Waals surface area contributed by atoms with E-state index in [1.807, 2.05) is 7.05 Å². The van der Waals surface area contributed by atoms with E-state index in [0.717, 1.165) is 11.3 Å². The van der Waals surface area contributed by atoms with Gasteiger partial charge in [-0.05, 0) is 0 Å². The minimum absolute atomic E-state index is 0.638. The maximum absolute atomic E-state index is 5.94. The number of hydrogen-bond donors (Lipinski definition) is 0. The van der Waals surface area contributed by atoms with Crippen LogP contribution in [0.15, 0.2) is 12.4 Å². The van der Waals surface area contributed by atoms with Crippen molar-refractivity contribution in [3.05, 3.63) is 23.7 Å². The van der Waals surface area contributed by atoms with Crippen molar-refractivity contribution in [2.45, 2.75) is 6.54 Å². The minimum atomic E-state index is 0.638. The Morgan fingerprint density at radius 1 is 1.58 bits per heavy atom. The summed E-state index contributed by atoms with van der Waals surface area (Å²) in [5.41, 5.74) is 2.01. The summed E-state index contributed by atoms with van der Waals surface area (Å²) >= 11 is 11.7. The van der Waals surface area contributed by atoms with Crippen molar-refractivity contribution in [1.82, 2.24) is 14.2 Å². The molecule has 5 heteroatoms. The van der Waals surface area contributed by atoms with Gasteiger partial charge in [0.1, 0.15) is 0 Å². The van der Waals surface area contributed by atoms with Gasteiger partial charge >= 0.3 is 0 Å². The SMILES string of the molecule is Cn1ncc2c1CN(Cl)C=C2Cl. The number of rotatable bonds is 0. The second-order valence-corrected chi connectivity index (χ2v) is 3.50. The third-order valence-electron chi connectivity index (χ3n) is 1.87. The van der Waals surface area contributed by atoms with Crippen LogP contribution in [0.1, 0.15) is 11.3 Å². The van der Waals surface area contributed by atoms with Gasteiger partial charge in [-0.15, -0.1) is 0 Å². The van der Waals surface area contributed by atoms with Crippen LogP contribution >= 0.6 is 23.4 Å². The van der Waals surface area contributed by atoms with E-state index in [-0.39, 0.29) is 0 Å². The van der Waals surface area contributed by atoms with Crippen LogP contribution in [0.2, 0.25) is 0 Å². The highest BCUT2D eigenvalue weighted by Crippen LogP contribution is 2.29. The number of nitrogens with zero attached hydrogens (tertiary/aromatic N) is 3. The summed E-state index contributed by atoms with van der Waals surface area (Å²) < 4.78 is 3.30. The van der Waals surface area contributed by atoms with Gasteiger partial charge in [0.2, 0.25) is 0 Å². The molecule has 1 aromatic heterocycles. The summed E-state index contributed by atoms with van der Waals surface area (Å²) in [6.45, 7) is 0.642. The molecular weight excluding hydrogens is 197 g/mol. The topological polar surface area (TPSA) is 21.1 Å². The van der Waals surface area contributed by atoms with Crippen LogP contribution in [0, 0.1) is 0 Å². The fraction of sp³-hybridized carbons (Fsp3) is 0.286. The Balaban J connectivity index is 2.55. The van der Waals surface area contributed by atoms with Crippen molar-refractivity contribution in [2.24, 2.45) is 7.05 Å². The Morgan fingerprint density at radius 2 is 2.33 bits per heavy atom. The first-order chi connectivity index (χ1) is 5.68. The van der Waals surface area contributed by atoms with Crippen molar-refractivity contribution < 1.29 is 0 Å². The number of halogens is 2. The van der Waals surface area contributed by atoms with E-state index >= 15 is 0 Å². The Morgan fingerprint density at radius 3 is 3.08 bits per heavy atom. The summed E-state index contributed by atoms with van der Waals surface area (Å²) in [4.78, 5) is 0. The molecule has 0 fully saturated rings. The van der Waals surface area contributed by atoms with Crippen molar-refractivity contribution in [3.63, 3.8) is 0 Å². The summed E-state index contributed by atoms with van der Waals surface area (Å²) in [5.74, 6) is 0. The molecular formula is C7H7Cl2N3. The molecule has 64 valence electrons. The maximum atomic E-state index is 5.94. The molecule has 12 heavy (non-hydrogen) atoms. The third-order valence-corrected chi connectivity index (χ3v) is 2.39. The standard InChI is InChI=1S/C7H7Cl2N3/c1-11-7-4-12(9)3-6(8)5(7)2-10-11/h2-3H,4H2,1H3. The molecule has 0 spiro atoms. The number of fused-ring (bicyclic) bond motifs is 1. The molecule has 1 aromatic rings. The van der Waals surface area contributed by atoms with E-state index in [1.54, 1.807) is 17.1 Å². The first-order valence-electron chi connectivity index (χ1n) is 3.49. The van der Waals surface area contributed by atoms with Crippen LogP contribution in [0.25, 0.3) is 5.03 Å². The van der Waals surface area contributed by atoms with Crippen molar-refractivity contribution in [1.29, 1.82) is 0 Å². The van der Waals surface area contributed by atoms with Gasteiger partial charge in [-0.3, -0.25) is 9.10 Å². The quantitative estimate of drug-likeness (QED) is 0.602. The average Bonchev–Trinajstić information content (AvgIpc) is 2.33. The lowest BCUT2D eigenvalue weighted by atomic mass is 10.2. The molecule has 0 radical (unpaired) electrons. The average molecular weight is 204 g/mol. The summed E-state index contributed by atoms with van der Waals surface area (Å²) in [7, 11) is 1.87. The van der Waals surface area contributed by atoms with Gasteiger partial charge in [0.25, 0.3) is 0 Å². The first-order valence-corrected chi connectivity index (χ1v) is 4.21. The molecule has 1 aliphatic heterocycles. The lowest BCUT2D eigenvalue weighted by molar-refractivity contribution is 0.549. The van der Waals surface area contributed by atoms with Crippen LogP contribution in [0.3, 0.4) is 0 Å². The Kier molecular flexibility index (Phi) is 1.77. The van der Waals surface area contributed by atoms with Gasteiger partial charge in [-0.2, -0.15) is 5.10 Å². The van der Waals surface area contributed by atoms with E-state index in [1.165, 1.54) is 4.42 Å². The highest BCUT2D eigenvalue weighted by atomic mass is 35.5. The Labute approximate surface area is 80.3 Å². The molecule has 0 bridgehead atoms. The van der Waals surface area contributed by atoms with E-state index < -0.39 is 0 Å². The smallest absolute Gasteiger partial charge is 0.0769 e. The fourth-order valence-corrected chi connectivity index (χ4v) is 1.77. The van der Waals surface area contributed by atoms with Crippen molar-refractivity contribution >= 4 is 28.4 Å². The van der Waals surface area contributed by atoms with Crippen LogP contribution in [-0.2, 0) is 13.6 Å². The Bertz CT molecular complexity index is 342. The zero-order valence-corrected chi connectivity index (χ0v) is 7.97. The molecule has 0 N–H and O–H groups in total. The van der Waals surface area contributed by atoms with E-state index in [2.05, 4.69) is 5.10 Å². The highest BCUT2D eigenvalue weighted by Gasteiger charge is 2.18. The van der Waals surface area contributed by atoms with Crippen molar-refractivity contribution in [3.8, 4) is 0 Å². The van der Waals surface area contributed by atoms with E-state index in [4.69, 9.17) is 23.4 Å². The number of aromatic nitrogens is 2. The lowest BCUT2D eigenvalue weighted by Crippen LogP contribution is -2.13. The first kappa shape index (κ1) is 7.95. The zero-order chi connectivity index (χ0) is 8.72. The molecule has 1 aliphatic rings. The van der Waals surface area contributed by atoms with E-state index in [9.17, 15) is 0 Å². The van der Waals surface area contributed by atoms with Crippen molar-refractivity contribution in [2.75, 3.05) is 0 Å². The van der Waals surface area contributed by atoms with Gasteiger partial charge in [0.05, 0.1) is 23.5 Å². The highest BCUT2D eigenvalue weighted by molar-refractivity contribution is 6.49. The zero-order valence-electron chi connectivity index (χ0n) is 6.46. The van der Waals surface area contributed by atoms with Gasteiger partial charge in [0.15, 0.2) is 0 Å². The molecule has 0 saturated carbocycles. The molecule has 3 nitrogen and oxygen atoms in total. The van der Waals surface area contributed by atoms with Crippen LogP contribution in [-0.4, -0.2) is 14.2 Å². The second kappa shape index (κ2) is 2.68. The molecule has 0 aromatic carbocycles. The van der Waals surface area contributed by atoms with E-state index in [0.29, 0.717) is 11.6 Å². The third kappa shape index (κ3) is 1.09. The van der Waals surface area contributed by atoms with Gasteiger partial charge in [-0.25, -0.2) is 0 Å². The van der Waals surface area contributed by atoms with Gasteiger partial charge in [0, 0.05) is 30.6 Å². The fourth-order valence-electron chi connectivity index (χ4n) is 1.23. The van der Waals surface area contributed by atoms with Crippen LogP contribution < -0.4 is 0 Å². The summed E-state index contributed by atoms with van der Waals surface area (Å²) in [6.07, 6.45) is 3.44. The van der Waals surface area contributed by atoms with Gasteiger partial charge in [-0.1, -0.05) is 11.6 Å². The Hall–Kier alpha value is -0.670. The molecule has 2 heterocycles. The monoisotopic (exact) mass is 203 g/mol. The molecule has 2 rings (SSSR count). The molecule has 0 atom stereocenters. The molecule has 0 amide bonds. The van der Waals surface area contributed by atoms with Crippen LogP contribution in [0.4, 0.5) is 0 Å².